The molecule has 1 aromatic rings. The third kappa shape index (κ3) is 10.0. The first kappa shape index (κ1) is 27.3. The number of esters is 1. The first-order valence-corrected chi connectivity index (χ1v) is 10.5. The van der Waals surface area contributed by atoms with Crippen LogP contribution in [-0.2, 0) is 30.4 Å². The minimum absolute atomic E-state index is 0.0182. The van der Waals surface area contributed by atoms with Gasteiger partial charge in [0, 0.05) is 37.6 Å². The molecule has 0 unspecified atom stereocenters. The zero-order valence-electron chi connectivity index (χ0n) is 19.3. The van der Waals surface area contributed by atoms with Gasteiger partial charge in [-0.05, 0) is 24.1 Å². The quantitative estimate of drug-likeness (QED) is 0.435. The summed E-state index contributed by atoms with van der Waals surface area (Å²) in [5.74, 6) is -1.22. The molecule has 0 spiro atoms. The average molecular weight is 451 g/mol. The van der Waals surface area contributed by atoms with Crippen molar-refractivity contribution in [3.8, 4) is 0 Å². The molecule has 178 valence electrons. The zero-order chi connectivity index (χ0) is 24.1. The van der Waals surface area contributed by atoms with Gasteiger partial charge in [-0.25, -0.2) is 4.79 Å². The van der Waals surface area contributed by atoms with Crippen molar-refractivity contribution in [1.82, 2.24) is 10.2 Å². The number of rotatable bonds is 13. The molecular formula is C23H34N2O7. The fourth-order valence-corrected chi connectivity index (χ4v) is 2.77. The van der Waals surface area contributed by atoms with Crippen LogP contribution in [0.5, 0.6) is 0 Å². The number of aliphatic hydroxyl groups is 1. The predicted octanol–water partition coefficient (Wildman–Crippen LogP) is 1.32. The Balaban J connectivity index is 2.83. The fraction of sp³-hybridized carbons (Fsp3) is 0.565. The van der Waals surface area contributed by atoms with Crippen LogP contribution in [0.3, 0.4) is 0 Å². The Morgan fingerprint density at radius 3 is 2.47 bits per heavy atom. The first-order chi connectivity index (χ1) is 15.1. The van der Waals surface area contributed by atoms with E-state index in [2.05, 4.69) is 5.32 Å². The van der Waals surface area contributed by atoms with Gasteiger partial charge in [0.2, 0.25) is 5.91 Å². The van der Waals surface area contributed by atoms with Crippen LogP contribution < -0.4 is 5.32 Å². The van der Waals surface area contributed by atoms with Crippen molar-refractivity contribution in [2.45, 2.75) is 40.2 Å². The van der Waals surface area contributed by atoms with Crippen molar-refractivity contribution < 1.29 is 33.8 Å². The van der Waals surface area contributed by atoms with E-state index in [1.807, 2.05) is 26.8 Å². The van der Waals surface area contributed by atoms with E-state index in [1.165, 1.54) is 12.0 Å². The van der Waals surface area contributed by atoms with Crippen LogP contribution in [0.2, 0.25) is 0 Å². The Hall–Kier alpha value is -2.78. The van der Waals surface area contributed by atoms with Crippen LogP contribution in [0.4, 0.5) is 0 Å². The summed E-state index contributed by atoms with van der Waals surface area (Å²) in [4.78, 5) is 49.5. The lowest BCUT2D eigenvalue weighted by atomic mass is 9.95. The number of ketones is 1. The molecule has 2 amide bonds. The van der Waals surface area contributed by atoms with Gasteiger partial charge < -0.3 is 24.8 Å². The molecule has 0 atom stereocenters. The second-order valence-corrected chi connectivity index (χ2v) is 8.38. The Kier molecular flexibility index (Phi) is 11.6. The van der Waals surface area contributed by atoms with Gasteiger partial charge in [0.1, 0.15) is 19.8 Å². The minimum atomic E-state index is -0.774. The largest absolute Gasteiger partial charge is 0.462 e. The van der Waals surface area contributed by atoms with Crippen LogP contribution in [0.15, 0.2) is 24.3 Å². The molecule has 0 saturated heterocycles. The summed E-state index contributed by atoms with van der Waals surface area (Å²) in [7, 11) is 1.44. The van der Waals surface area contributed by atoms with Crippen molar-refractivity contribution in [3.63, 3.8) is 0 Å². The van der Waals surface area contributed by atoms with E-state index in [0.29, 0.717) is 12.0 Å². The smallest absolute Gasteiger partial charge is 0.331 e. The Bertz CT molecular complexity index is 787. The monoisotopic (exact) mass is 450 g/mol. The van der Waals surface area contributed by atoms with E-state index in [1.54, 1.807) is 18.2 Å². The Morgan fingerprint density at radius 2 is 1.84 bits per heavy atom. The Labute approximate surface area is 189 Å². The van der Waals surface area contributed by atoms with Crippen molar-refractivity contribution in [2.75, 3.05) is 40.0 Å². The molecule has 0 heterocycles. The van der Waals surface area contributed by atoms with Gasteiger partial charge in [0.25, 0.3) is 5.91 Å². The summed E-state index contributed by atoms with van der Waals surface area (Å²) in [6.07, 6.45) is 0.691. The number of amides is 2. The standard InChI is InChI=1S/C23H34N2O7/c1-23(2,3)22(30)24-14-17-7-5-8-18(13-17)21(29)25(11-12-32-20(28)15-26)10-6-9-19(27)16-31-4/h5,7-8,13,26H,6,9-12,14-16H2,1-4H3,(H,24,30). The highest BCUT2D eigenvalue weighted by atomic mass is 16.5. The van der Waals surface area contributed by atoms with E-state index < -0.39 is 18.0 Å². The number of nitrogens with one attached hydrogen (secondary N) is 1. The summed E-state index contributed by atoms with van der Waals surface area (Å²) in [6.45, 7) is 5.37. The summed E-state index contributed by atoms with van der Waals surface area (Å²) in [5, 5.41) is 11.6. The third-order valence-corrected chi connectivity index (χ3v) is 4.54. The van der Waals surface area contributed by atoms with E-state index in [-0.39, 0.29) is 56.9 Å². The van der Waals surface area contributed by atoms with Gasteiger partial charge in [0.05, 0.1) is 6.54 Å². The number of benzene rings is 1. The maximum atomic E-state index is 13.1. The average Bonchev–Trinajstić information content (AvgIpc) is 2.75. The third-order valence-electron chi connectivity index (χ3n) is 4.54. The van der Waals surface area contributed by atoms with Gasteiger partial charge in [-0.1, -0.05) is 32.9 Å². The van der Waals surface area contributed by atoms with Crippen LogP contribution in [0.25, 0.3) is 0 Å². The lowest BCUT2D eigenvalue weighted by molar-refractivity contribution is -0.147. The number of carbonyl (C=O) groups is 4. The number of methoxy groups -OCH3 is 1. The van der Waals surface area contributed by atoms with Crippen molar-refractivity contribution in [1.29, 1.82) is 0 Å². The summed E-state index contributed by atoms with van der Waals surface area (Å²) < 4.78 is 9.69. The molecule has 0 saturated carbocycles. The molecular weight excluding hydrogens is 416 g/mol. The molecule has 0 radical (unpaired) electrons. The second-order valence-electron chi connectivity index (χ2n) is 8.38. The highest BCUT2D eigenvalue weighted by Crippen LogP contribution is 2.14. The maximum Gasteiger partial charge on any atom is 0.331 e. The molecule has 0 aromatic heterocycles. The first-order valence-electron chi connectivity index (χ1n) is 10.5. The normalized spacial score (nSPS) is 11.0. The van der Waals surface area contributed by atoms with E-state index in [9.17, 15) is 19.2 Å². The molecule has 0 fully saturated rings. The lowest BCUT2D eigenvalue weighted by Crippen LogP contribution is -2.36. The Morgan fingerprint density at radius 1 is 1.12 bits per heavy atom. The number of aliphatic hydroxyl groups excluding tert-OH is 1. The number of hydrogen-bond acceptors (Lipinski definition) is 7. The summed E-state index contributed by atoms with van der Waals surface area (Å²) >= 11 is 0. The molecule has 1 aromatic carbocycles. The topological polar surface area (TPSA) is 122 Å². The van der Waals surface area contributed by atoms with Gasteiger partial charge in [0.15, 0.2) is 5.78 Å². The minimum Gasteiger partial charge on any atom is -0.462 e. The molecule has 2 N–H and O–H groups in total. The summed E-state index contributed by atoms with van der Waals surface area (Å²) in [6, 6.07) is 6.92. The molecule has 0 aliphatic rings. The number of Topliss-reactive ketones (excluding diaryl/α,β-unsaturated/α-hetero) is 1. The van der Waals surface area contributed by atoms with E-state index >= 15 is 0 Å². The molecule has 9 nitrogen and oxygen atoms in total. The summed E-state index contributed by atoms with van der Waals surface area (Å²) in [5.41, 5.74) is 0.677. The highest BCUT2D eigenvalue weighted by Gasteiger charge is 2.21. The van der Waals surface area contributed by atoms with Crippen LogP contribution in [0, 0.1) is 5.41 Å². The van der Waals surface area contributed by atoms with Gasteiger partial charge in [-0.15, -0.1) is 0 Å². The van der Waals surface area contributed by atoms with Crippen molar-refractivity contribution in [2.24, 2.45) is 5.41 Å². The second kappa shape index (κ2) is 13.6. The highest BCUT2D eigenvalue weighted by molar-refractivity contribution is 5.94. The molecule has 0 bridgehead atoms. The number of nitrogens with zero attached hydrogens (tertiary/aromatic N) is 1. The van der Waals surface area contributed by atoms with Gasteiger partial charge >= 0.3 is 5.97 Å². The molecule has 1 rings (SSSR count). The predicted molar refractivity (Wildman–Crippen MR) is 118 cm³/mol. The van der Waals surface area contributed by atoms with Gasteiger partial charge in [-0.3, -0.25) is 14.4 Å². The van der Waals surface area contributed by atoms with Gasteiger partial charge in [-0.2, -0.15) is 0 Å². The SMILES string of the molecule is COCC(=O)CCCN(CCOC(=O)CO)C(=O)c1cccc(CNC(=O)C(C)(C)C)c1. The van der Waals surface area contributed by atoms with E-state index in [0.717, 1.165) is 5.56 Å². The van der Waals surface area contributed by atoms with Crippen molar-refractivity contribution in [3.05, 3.63) is 35.4 Å². The zero-order valence-corrected chi connectivity index (χ0v) is 19.3. The lowest BCUT2D eigenvalue weighted by Gasteiger charge is -2.23. The fourth-order valence-electron chi connectivity index (χ4n) is 2.77. The number of hydrogen-bond donors (Lipinski definition) is 2. The molecule has 9 heteroatoms. The molecule has 0 aliphatic carbocycles. The maximum absolute atomic E-state index is 13.1. The van der Waals surface area contributed by atoms with Crippen molar-refractivity contribution >= 4 is 23.6 Å². The van der Waals surface area contributed by atoms with Crippen LogP contribution >= 0.6 is 0 Å². The molecule has 32 heavy (non-hydrogen) atoms. The van der Waals surface area contributed by atoms with Crippen LogP contribution in [0.1, 0.15) is 49.5 Å². The number of ether oxygens (including phenoxy) is 2. The van der Waals surface area contributed by atoms with E-state index in [4.69, 9.17) is 14.6 Å². The van der Waals surface area contributed by atoms with Crippen LogP contribution in [-0.4, -0.2) is 73.6 Å². The number of carbonyl (C=O) groups excluding carboxylic acids is 4. The molecule has 0 aliphatic heterocycles.